The van der Waals surface area contributed by atoms with Crippen molar-refractivity contribution in [1.29, 1.82) is 0 Å². The fourth-order valence-corrected chi connectivity index (χ4v) is 1.44. The number of aliphatic carboxylic acids is 1. The molecule has 5 heteroatoms. The molecule has 100 valence electrons. The molecule has 0 aromatic heterocycles. The zero-order valence-electron chi connectivity index (χ0n) is 11.1. The monoisotopic (exact) mass is 244 g/mol. The van der Waals surface area contributed by atoms with Crippen molar-refractivity contribution in [1.82, 2.24) is 10.6 Å². The Morgan fingerprint density at radius 2 is 1.82 bits per heavy atom. The van der Waals surface area contributed by atoms with Crippen molar-refractivity contribution in [2.45, 2.75) is 46.6 Å². The van der Waals surface area contributed by atoms with E-state index >= 15 is 0 Å². The van der Waals surface area contributed by atoms with E-state index in [-0.39, 0.29) is 18.6 Å². The maximum Gasteiger partial charge on any atom is 0.315 e. The number of carboxylic acids is 1. The smallest absolute Gasteiger partial charge is 0.315 e. The highest BCUT2D eigenvalue weighted by atomic mass is 16.4. The van der Waals surface area contributed by atoms with Crippen molar-refractivity contribution in [2.24, 2.45) is 11.8 Å². The van der Waals surface area contributed by atoms with Gasteiger partial charge in [-0.3, -0.25) is 4.79 Å². The molecule has 2 amide bonds. The third-order valence-electron chi connectivity index (χ3n) is 2.82. The quantitative estimate of drug-likeness (QED) is 0.639. The molecule has 0 rings (SSSR count). The summed E-state index contributed by atoms with van der Waals surface area (Å²) in [4.78, 5) is 22.0. The Labute approximate surface area is 103 Å². The molecule has 0 aliphatic heterocycles. The number of carbonyl (C=O) groups is 2. The summed E-state index contributed by atoms with van der Waals surface area (Å²) >= 11 is 0. The molecule has 0 heterocycles. The van der Waals surface area contributed by atoms with E-state index in [0.29, 0.717) is 5.92 Å². The van der Waals surface area contributed by atoms with Crippen LogP contribution in [-0.4, -0.2) is 29.7 Å². The summed E-state index contributed by atoms with van der Waals surface area (Å²) in [7, 11) is 0. The van der Waals surface area contributed by atoms with E-state index < -0.39 is 11.9 Å². The molecule has 0 spiro atoms. The first-order valence-corrected chi connectivity index (χ1v) is 6.13. The molecule has 0 fully saturated rings. The van der Waals surface area contributed by atoms with Crippen LogP contribution >= 0.6 is 0 Å². The van der Waals surface area contributed by atoms with Crippen LogP contribution in [0.5, 0.6) is 0 Å². The van der Waals surface area contributed by atoms with Crippen LogP contribution in [0.3, 0.4) is 0 Å². The minimum atomic E-state index is -0.905. The molecule has 0 aromatic rings. The topological polar surface area (TPSA) is 78.4 Å². The van der Waals surface area contributed by atoms with Gasteiger partial charge in [-0.2, -0.15) is 0 Å². The second-order valence-corrected chi connectivity index (χ2v) is 4.74. The Morgan fingerprint density at radius 1 is 1.24 bits per heavy atom. The van der Waals surface area contributed by atoms with Crippen molar-refractivity contribution in [3.8, 4) is 0 Å². The molecule has 0 aliphatic carbocycles. The van der Waals surface area contributed by atoms with Crippen LogP contribution in [-0.2, 0) is 4.79 Å². The summed E-state index contributed by atoms with van der Waals surface area (Å²) in [5.41, 5.74) is 0. The molecule has 5 nitrogen and oxygen atoms in total. The molecule has 0 bridgehead atoms. The van der Waals surface area contributed by atoms with Gasteiger partial charge in [0.25, 0.3) is 0 Å². The highest BCUT2D eigenvalue weighted by Gasteiger charge is 2.14. The first-order valence-electron chi connectivity index (χ1n) is 6.13. The number of hydrogen-bond acceptors (Lipinski definition) is 2. The minimum Gasteiger partial charge on any atom is -0.481 e. The summed E-state index contributed by atoms with van der Waals surface area (Å²) in [6.07, 6.45) is 2.02. The van der Waals surface area contributed by atoms with Gasteiger partial charge in [-0.05, 0) is 19.3 Å². The molecule has 17 heavy (non-hydrogen) atoms. The Hall–Kier alpha value is -1.26. The Kier molecular flexibility index (Phi) is 7.34. The zero-order valence-corrected chi connectivity index (χ0v) is 11.1. The van der Waals surface area contributed by atoms with Crippen LogP contribution in [0.15, 0.2) is 0 Å². The van der Waals surface area contributed by atoms with Gasteiger partial charge < -0.3 is 15.7 Å². The van der Waals surface area contributed by atoms with Crippen LogP contribution in [0.4, 0.5) is 4.79 Å². The van der Waals surface area contributed by atoms with E-state index in [1.165, 1.54) is 0 Å². The number of amides is 2. The summed E-state index contributed by atoms with van der Waals surface area (Å²) in [6, 6.07) is -0.195. The van der Waals surface area contributed by atoms with Gasteiger partial charge in [-0.1, -0.05) is 27.2 Å². The molecule has 0 aromatic carbocycles. The third kappa shape index (κ3) is 7.60. The van der Waals surface area contributed by atoms with Crippen LogP contribution in [0.25, 0.3) is 0 Å². The number of hydrogen-bond donors (Lipinski definition) is 3. The van der Waals surface area contributed by atoms with E-state index in [1.807, 2.05) is 6.92 Å². The first-order chi connectivity index (χ1) is 7.86. The standard InChI is InChI=1S/C12H24N2O3/c1-5-8(2)6-10(4)14-12(17)13-7-9(3)11(15)16/h8-10H,5-7H2,1-4H3,(H,15,16)(H2,13,14,17). The van der Waals surface area contributed by atoms with Gasteiger partial charge in [-0.25, -0.2) is 4.79 Å². The predicted molar refractivity (Wildman–Crippen MR) is 66.9 cm³/mol. The van der Waals surface area contributed by atoms with Gasteiger partial charge in [0.15, 0.2) is 0 Å². The maximum absolute atomic E-state index is 11.4. The normalized spacial score (nSPS) is 15.8. The largest absolute Gasteiger partial charge is 0.481 e. The predicted octanol–water partition coefficient (Wildman–Crippen LogP) is 1.83. The molecule has 0 radical (unpaired) electrons. The second kappa shape index (κ2) is 7.92. The van der Waals surface area contributed by atoms with Crippen LogP contribution in [0.1, 0.15) is 40.5 Å². The lowest BCUT2D eigenvalue weighted by atomic mass is 10.0. The van der Waals surface area contributed by atoms with Crippen LogP contribution in [0.2, 0.25) is 0 Å². The van der Waals surface area contributed by atoms with E-state index in [1.54, 1.807) is 6.92 Å². The number of carboxylic acid groups (broad SMARTS) is 1. The highest BCUT2D eigenvalue weighted by Crippen LogP contribution is 2.09. The third-order valence-corrected chi connectivity index (χ3v) is 2.82. The SMILES string of the molecule is CCC(C)CC(C)NC(=O)NCC(C)C(=O)O. The van der Waals surface area contributed by atoms with Crippen LogP contribution in [0, 0.1) is 11.8 Å². The average molecular weight is 244 g/mol. The van der Waals surface area contributed by atoms with E-state index in [0.717, 1.165) is 12.8 Å². The summed E-state index contributed by atoms with van der Waals surface area (Å²) in [5.74, 6) is -0.896. The highest BCUT2D eigenvalue weighted by molar-refractivity contribution is 5.75. The number of urea groups is 1. The molecule has 0 aliphatic rings. The van der Waals surface area contributed by atoms with Crippen molar-refractivity contribution in [2.75, 3.05) is 6.54 Å². The van der Waals surface area contributed by atoms with Gasteiger partial charge >= 0.3 is 12.0 Å². The molecule has 0 saturated heterocycles. The Morgan fingerprint density at radius 3 is 2.29 bits per heavy atom. The molecule has 0 saturated carbocycles. The van der Waals surface area contributed by atoms with Crippen LogP contribution < -0.4 is 10.6 Å². The summed E-state index contributed by atoms with van der Waals surface area (Å²) in [5, 5.41) is 14.0. The van der Waals surface area contributed by atoms with Crippen molar-refractivity contribution < 1.29 is 14.7 Å². The summed E-state index contributed by atoms with van der Waals surface area (Å²) in [6.45, 7) is 7.92. The number of carbonyl (C=O) groups excluding carboxylic acids is 1. The van der Waals surface area contributed by atoms with Gasteiger partial charge in [0.05, 0.1) is 5.92 Å². The lowest BCUT2D eigenvalue weighted by Gasteiger charge is -2.18. The lowest BCUT2D eigenvalue weighted by molar-refractivity contribution is -0.140. The van der Waals surface area contributed by atoms with Gasteiger partial charge in [-0.15, -0.1) is 0 Å². The van der Waals surface area contributed by atoms with Crippen molar-refractivity contribution in [3.63, 3.8) is 0 Å². The van der Waals surface area contributed by atoms with Crippen molar-refractivity contribution >= 4 is 12.0 Å². The van der Waals surface area contributed by atoms with E-state index in [4.69, 9.17) is 5.11 Å². The minimum absolute atomic E-state index is 0.102. The Bertz CT molecular complexity index is 256. The fraction of sp³-hybridized carbons (Fsp3) is 0.833. The fourth-order valence-electron chi connectivity index (χ4n) is 1.44. The number of nitrogens with one attached hydrogen (secondary N) is 2. The second-order valence-electron chi connectivity index (χ2n) is 4.74. The van der Waals surface area contributed by atoms with Gasteiger partial charge in [0.1, 0.15) is 0 Å². The zero-order chi connectivity index (χ0) is 13.4. The Balaban J connectivity index is 3.82. The average Bonchev–Trinajstić information content (AvgIpc) is 2.25. The number of rotatable bonds is 7. The van der Waals surface area contributed by atoms with E-state index in [2.05, 4.69) is 24.5 Å². The van der Waals surface area contributed by atoms with Gasteiger partial charge in [0.2, 0.25) is 0 Å². The molecular formula is C12H24N2O3. The lowest BCUT2D eigenvalue weighted by Crippen LogP contribution is -2.43. The maximum atomic E-state index is 11.4. The van der Waals surface area contributed by atoms with Gasteiger partial charge in [0, 0.05) is 12.6 Å². The molecule has 3 N–H and O–H groups in total. The summed E-state index contributed by atoms with van der Waals surface area (Å²) < 4.78 is 0. The molecule has 3 atom stereocenters. The first kappa shape index (κ1) is 15.7. The van der Waals surface area contributed by atoms with E-state index in [9.17, 15) is 9.59 Å². The van der Waals surface area contributed by atoms with Crippen molar-refractivity contribution in [3.05, 3.63) is 0 Å². The molecular weight excluding hydrogens is 220 g/mol. The molecule has 3 unspecified atom stereocenters.